The van der Waals surface area contributed by atoms with Crippen LogP contribution in [-0.2, 0) is 19.2 Å². The van der Waals surface area contributed by atoms with E-state index < -0.39 is 6.10 Å². The van der Waals surface area contributed by atoms with Crippen molar-refractivity contribution in [3.63, 3.8) is 0 Å². The molecule has 0 aromatic carbocycles. The fourth-order valence-corrected chi connectivity index (χ4v) is 5.19. The summed E-state index contributed by atoms with van der Waals surface area (Å²) >= 11 is 0. The van der Waals surface area contributed by atoms with Crippen molar-refractivity contribution >= 4 is 5.97 Å². The minimum Gasteiger partial charge on any atom is -0.467 e. The maximum atomic E-state index is 12.0. The summed E-state index contributed by atoms with van der Waals surface area (Å²) in [7, 11) is 1.43. The molecule has 0 amide bonds. The highest BCUT2D eigenvalue weighted by Gasteiger charge is 2.66. The summed E-state index contributed by atoms with van der Waals surface area (Å²) in [5.41, 5.74) is -0.170. The summed E-state index contributed by atoms with van der Waals surface area (Å²) < 4.78 is 4.92. The molecule has 2 unspecified atom stereocenters. The first-order chi connectivity index (χ1) is 9.66. The van der Waals surface area contributed by atoms with Gasteiger partial charge in [-0.25, -0.2) is 4.79 Å². The second-order valence-corrected chi connectivity index (χ2v) is 6.91. The average molecular weight is 281 g/mol. The van der Waals surface area contributed by atoms with E-state index in [0.717, 1.165) is 12.8 Å². The van der Waals surface area contributed by atoms with Gasteiger partial charge in [0.05, 0.1) is 18.8 Å². The fraction of sp³-hybridized carbons (Fsp3) is 0.933. The van der Waals surface area contributed by atoms with Crippen molar-refractivity contribution in [2.75, 3.05) is 7.11 Å². The second-order valence-electron chi connectivity index (χ2n) is 6.91. The molecule has 5 aliphatic rings. The third-order valence-electron chi connectivity index (χ3n) is 6.19. The Hall–Kier alpha value is -0.650. The predicted molar refractivity (Wildman–Crippen MR) is 70.2 cm³/mol. The molecule has 0 aromatic rings. The van der Waals surface area contributed by atoms with E-state index in [9.17, 15) is 4.79 Å². The van der Waals surface area contributed by atoms with Gasteiger partial charge in [0, 0.05) is 5.92 Å². The first kappa shape index (κ1) is 13.0. The van der Waals surface area contributed by atoms with E-state index in [1.165, 1.54) is 32.8 Å². The third kappa shape index (κ3) is 1.51. The Kier molecular flexibility index (Phi) is 2.88. The maximum Gasteiger partial charge on any atom is 0.337 e. The van der Waals surface area contributed by atoms with Crippen molar-refractivity contribution < 1.29 is 19.2 Å². The van der Waals surface area contributed by atoms with Gasteiger partial charge >= 0.3 is 5.97 Å². The van der Waals surface area contributed by atoms with Gasteiger partial charge in [0.15, 0.2) is 6.10 Å². The van der Waals surface area contributed by atoms with Crippen LogP contribution in [0.25, 0.3) is 0 Å². The Morgan fingerprint density at radius 2 is 1.95 bits per heavy atom. The Morgan fingerprint density at radius 1 is 1.15 bits per heavy atom. The summed E-state index contributed by atoms with van der Waals surface area (Å²) in [6, 6.07) is 0. The monoisotopic (exact) mass is 281 g/mol. The van der Waals surface area contributed by atoms with Gasteiger partial charge < -0.3 is 4.74 Å². The molecule has 3 aliphatic heterocycles. The quantitative estimate of drug-likeness (QED) is 0.689. The van der Waals surface area contributed by atoms with Crippen molar-refractivity contribution in [3.05, 3.63) is 0 Å². The number of methoxy groups -OCH3 is 1. The zero-order valence-corrected chi connectivity index (χ0v) is 12.2. The SMILES string of the molecule is COC(=O)[C@@H]1ON2O[C@H]3CC[C@@H]1C2(C)[C@H]1CCCC[C@H]31. The molecule has 5 rings (SSSR count). The molecular weight excluding hydrogens is 258 g/mol. The smallest absolute Gasteiger partial charge is 0.337 e. The molecule has 2 saturated carbocycles. The van der Waals surface area contributed by atoms with E-state index in [2.05, 4.69) is 6.92 Å². The number of hydrogen-bond donors (Lipinski definition) is 0. The fourth-order valence-electron chi connectivity index (χ4n) is 5.19. The lowest BCUT2D eigenvalue weighted by Crippen LogP contribution is -2.59. The minimum atomic E-state index is -0.494. The van der Waals surface area contributed by atoms with Crippen LogP contribution < -0.4 is 0 Å². The standard InChI is InChI=1S/C15H23NO4/c1-15-10-6-4-3-5-9(10)12-8-7-11(15)13(14(17)18-2)20-16(15)19-12/h9-13H,3-8H2,1-2H3/t9-,10-,11-,12-,13+,15?/m0/s1. The van der Waals surface area contributed by atoms with Gasteiger partial charge in [0.2, 0.25) is 0 Å². The van der Waals surface area contributed by atoms with Gasteiger partial charge in [-0.1, -0.05) is 18.1 Å². The molecule has 20 heavy (non-hydrogen) atoms. The topological polar surface area (TPSA) is 48.0 Å². The average Bonchev–Trinajstić information content (AvgIpc) is 2.58. The lowest BCUT2D eigenvalue weighted by atomic mass is 9.64. The molecule has 0 radical (unpaired) electrons. The van der Waals surface area contributed by atoms with Crippen molar-refractivity contribution in [3.8, 4) is 0 Å². The zero-order chi connectivity index (χ0) is 13.9. The highest BCUT2D eigenvalue weighted by molar-refractivity contribution is 5.75. The van der Waals surface area contributed by atoms with Crippen molar-refractivity contribution in [2.45, 2.75) is 63.2 Å². The van der Waals surface area contributed by atoms with E-state index in [4.69, 9.17) is 14.4 Å². The number of nitrogens with zero attached hydrogens (tertiary/aromatic N) is 1. The van der Waals surface area contributed by atoms with Gasteiger partial charge in [0.1, 0.15) is 0 Å². The summed E-state index contributed by atoms with van der Waals surface area (Å²) in [5, 5.41) is 1.68. The maximum absolute atomic E-state index is 12.0. The Bertz CT molecular complexity index is 428. The number of carbonyl (C=O) groups is 1. The van der Waals surface area contributed by atoms with Crippen LogP contribution in [0.4, 0.5) is 0 Å². The number of carbonyl (C=O) groups excluding carboxylic acids is 1. The van der Waals surface area contributed by atoms with Crippen LogP contribution in [0.3, 0.4) is 0 Å². The molecule has 0 spiro atoms. The molecule has 7 atom stereocenters. The molecule has 2 aliphatic carbocycles. The second kappa shape index (κ2) is 4.42. The van der Waals surface area contributed by atoms with Crippen LogP contribution in [0.15, 0.2) is 0 Å². The third-order valence-corrected chi connectivity index (χ3v) is 6.19. The van der Waals surface area contributed by atoms with Gasteiger partial charge in [-0.05, 0) is 44.4 Å². The van der Waals surface area contributed by atoms with Crippen LogP contribution in [0.1, 0.15) is 45.4 Å². The van der Waals surface area contributed by atoms with Crippen LogP contribution >= 0.6 is 0 Å². The van der Waals surface area contributed by atoms with E-state index in [1.54, 1.807) is 5.23 Å². The largest absolute Gasteiger partial charge is 0.467 e. The molecule has 3 saturated heterocycles. The first-order valence-electron chi connectivity index (χ1n) is 7.88. The van der Waals surface area contributed by atoms with Crippen LogP contribution in [-0.4, -0.2) is 36.1 Å². The van der Waals surface area contributed by atoms with Gasteiger partial charge in [0.25, 0.3) is 0 Å². The normalized spacial score (nSPS) is 53.3. The molecule has 3 heterocycles. The van der Waals surface area contributed by atoms with Crippen LogP contribution in [0.5, 0.6) is 0 Å². The Balaban J connectivity index is 1.73. The lowest BCUT2D eigenvalue weighted by Gasteiger charge is -2.51. The van der Waals surface area contributed by atoms with Crippen LogP contribution in [0, 0.1) is 17.8 Å². The molecule has 4 bridgehead atoms. The predicted octanol–water partition coefficient (Wildman–Crippen LogP) is 2.06. The first-order valence-corrected chi connectivity index (χ1v) is 7.88. The number of fused-ring (bicyclic) bond motifs is 1. The minimum absolute atomic E-state index is 0.170. The van der Waals surface area contributed by atoms with E-state index in [-0.39, 0.29) is 23.5 Å². The number of ether oxygens (including phenoxy) is 1. The number of hydrogen-bond acceptors (Lipinski definition) is 5. The molecule has 5 nitrogen and oxygen atoms in total. The number of esters is 1. The number of hydroxylamine groups is 2. The van der Waals surface area contributed by atoms with Crippen LogP contribution in [0.2, 0.25) is 0 Å². The van der Waals surface area contributed by atoms with Gasteiger partial charge in [-0.2, -0.15) is 0 Å². The zero-order valence-electron chi connectivity index (χ0n) is 12.2. The summed E-state index contributed by atoms with van der Waals surface area (Å²) in [6.45, 7) is 2.23. The van der Waals surface area contributed by atoms with Gasteiger partial charge in [-0.3, -0.25) is 9.68 Å². The molecule has 112 valence electrons. The summed E-state index contributed by atoms with van der Waals surface area (Å²) in [5.74, 6) is 1.14. The molecule has 0 N–H and O–H groups in total. The molecule has 5 fully saturated rings. The molecular formula is C15H23NO4. The molecule has 5 heteroatoms. The lowest BCUT2D eigenvalue weighted by molar-refractivity contribution is -0.438. The Morgan fingerprint density at radius 3 is 2.75 bits per heavy atom. The van der Waals surface area contributed by atoms with Crippen molar-refractivity contribution in [2.24, 2.45) is 17.8 Å². The number of rotatable bonds is 1. The Labute approximate surface area is 119 Å². The van der Waals surface area contributed by atoms with E-state index in [1.807, 2.05) is 0 Å². The van der Waals surface area contributed by atoms with E-state index >= 15 is 0 Å². The van der Waals surface area contributed by atoms with Crippen molar-refractivity contribution in [1.82, 2.24) is 5.23 Å². The van der Waals surface area contributed by atoms with E-state index in [0.29, 0.717) is 11.8 Å². The van der Waals surface area contributed by atoms with Crippen molar-refractivity contribution in [1.29, 1.82) is 0 Å². The highest BCUT2D eigenvalue weighted by Crippen LogP contribution is 2.58. The summed E-state index contributed by atoms with van der Waals surface area (Å²) in [6.07, 6.45) is 6.89. The molecule has 0 aromatic heterocycles. The van der Waals surface area contributed by atoms with Gasteiger partial charge in [-0.15, -0.1) is 0 Å². The summed E-state index contributed by atoms with van der Waals surface area (Å²) in [4.78, 5) is 24.0. The highest BCUT2D eigenvalue weighted by atomic mass is 17.0.